The summed E-state index contributed by atoms with van der Waals surface area (Å²) in [4.78, 5) is 3.00. The molecule has 0 amide bonds. The van der Waals surface area contributed by atoms with Crippen LogP contribution in [0.5, 0.6) is 0 Å². The van der Waals surface area contributed by atoms with E-state index in [9.17, 15) is 10.5 Å². The second kappa shape index (κ2) is 15.3. The number of hydrogen-bond donors (Lipinski definition) is 0. The van der Waals surface area contributed by atoms with Crippen molar-refractivity contribution in [3.63, 3.8) is 0 Å². The van der Waals surface area contributed by atoms with Gasteiger partial charge >= 0.3 is 12.4 Å². The maximum absolute atomic E-state index is 15.0. The van der Waals surface area contributed by atoms with Crippen LogP contribution in [-0.2, 0) is 17.8 Å². The normalized spacial score (nSPS) is 13.0. The van der Waals surface area contributed by atoms with Gasteiger partial charge in [-0.2, -0.15) is 36.9 Å². The standard InChI is InChI=1S/C57H32F6N4/c58-56(59,60)45-21-7-11-26-52(45)66(49-24-9-1-14-35(49)33-64)37-28-29-40-41-30-31-51(67(50-25-10-2-15-36(50)34-65)53-27-12-8-22-46(53)57(61,62)63)42-18-13-23-47(54(41)42)55(48(40)32-37)43-19-5-3-16-38(43)39-17-4-6-20-44(39)55/h1-32H. The number of halogens is 6. The monoisotopic (exact) mass is 886 g/mol. The fourth-order valence-corrected chi connectivity index (χ4v) is 10.4. The summed E-state index contributed by atoms with van der Waals surface area (Å²) in [5.41, 5.74) is 5.18. The number of nitriles is 2. The molecule has 0 radical (unpaired) electrons. The third-order valence-corrected chi connectivity index (χ3v) is 13.0. The van der Waals surface area contributed by atoms with Crippen LogP contribution >= 0.6 is 0 Å². The predicted molar refractivity (Wildman–Crippen MR) is 249 cm³/mol. The lowest BCUT2D eigenvalue weighted by Crippen LogP contribution is -2.32. The van der Waals surface area contributed by atoms with Gasteiger partial charge in [-0.1, -0.05) is 127 Å². The predicted octanol–water partition coefficient (Wildman–Crippen LogP) is 15.9. The van der Waals surface area contributed by atoms with Crippen molar-refractivity contribution in [1.29, 1.82) is 10.5 Å². The highest BCUT2D eigenvalue weighted by Crippen LogP contribution is 2.63. The van der Waals surface area contributed by atoms with E-state index in [0.717, 1.165) is 62.0 Å². The third kappa shape index (κ3) is 6.14. The molecular formula is C57H32F6N4. The summed E-state index contributed by atoms with van der Waals surface area (Å²) in [6.07, 6.45) is -9.49. The average Bonchev–Trinajstić information content (AvgIpc) is 3.64. The van der Waals surface area contributed by atoms with Gasteiger partial charge in [0.15, 0.2) is 0 Å². The van der Waals surface area contributed by atoms with Crippen LogP contribution in [0.25, 0.3) is 33.0 Å². The SMILES string of the molecule is N#Cc1ccccc1N(c1ccc2c(c1)C1(c3ccccc3-c3ccccc31)c1cccc3c(N(c4ccccc4C#N)c4ccccc4C(F)(F)F)ccc-2c13)c1ccccc1C(F)(F)F. The summed E-state index contributed by atoms with van der Waals surface area (Å²) < 4.78 is 90.2. The molecule has 10 heteroatoms. The number of hydrogen-bond acceptors (Lipinski definition) is 4. The highest BCUT2D eigenvalue weighted by atomic mass is 19.4. The smallest absolute Gasteiger partial charge is 0.309 e. The molecule has 322 valence electrons. The Morgan fingerprint density at radius 1 is 0.373 bits per heavy atom. The number of rotatable bonds is 6. The van der Waals surface area contributed by atoms with Gasteiger partial charge in [0.1, 0.15) is 12.1 Å². The first-order valence-electron chi connectivity index (χ1n) is 21.3. The summed E-state index contributed by atoms with van der Waals surface area (Å²) in [5, 5.41) is 22.1. The first-order chi connectivity index (χ1) is 32.5. The van der Waals surface area contributed by atoms with Crippen LogP contribution in [0.3, 0.4) is 0 Å². The van der Waals surface area contributed by atoms with Gasteiger partial charge < -0.3 is 9.80 Å². The minimum Gasteiger partial charge on any atom is -0.309 e. The van der Waals surface area contributed by atoms with Crippen molar-refractivity contribution in [2.45, 2.75) is 17.8 Å². The Balaban J connectivity index is 1.27. The molecule has 67 heavy (non-hydrogen) atoms. The first kappa shape index (κ1) is 41.1. The molecule has 1 spiro atoms. The van der Waals surface area contributed by atoms with Crippen molar-refractivity contribution in [1.82, 2.24) is 0 Å². The van der Waals surface area contributed by atoms with Gasteiger partial charge in [-0.3, -0.25) is 0 Å². The summed E-state index contributed by atoms with van der Waals surface area (Å²) in [6, 6.07) is 59.1. The number of nitrogens with zero attached hydrogens (tertiary/aromatic N) is 4. The molecule has 4 nitrogen and oxygen atoms in total. The van der Waals surface area contributed by atoms with Gasteiger partial charge in [0.2, 0.25) is 0 Å². The molecule has 0 fully saturated rings. The molecule has 9 aromatic carbocycles. The topological polar surface area (TPSA) is 54.1 Å². The zero-order valence-corrected chi connectivity index (χ0v) is 35.0. The number of para-hydroxylation sites is 4. The van der Waals surface area contributed by atoms with E-state index in [0.29, 0.717) is 16.8 Å². The summed E-state index contributed by atoms with van der Waals surface area (Å²) in [6.45, 7) is 0. The van der Waals surface area contributed by atoms with Gasteiger partial charge in [-0.05, 0) is 117 Å². The zero-order valence-electron chi connectivity index (χ0n) is 35.0. The fourth-order valence-electron chi connectivity index (χ4n) is 10.4. The van der Waals surface area contributed by atoms with Gasteiger partial charge in [0.05, 0.1) is 56.1 Å². The molecule has 0 aromatic heterocycles. The zero-order chi connectivity index (χ0) is 46.2. The highest BCUT2D eigenvalue weighted by Gasteiger charge is 2.51. The van der Waals surface area contributed by atoms with Crippen molar-refractivity contribution in [3.05, 3.63) is 239 Å². The number of anilines is 6. The maximum atomic E-state index is 15.0. The fraction of sp³-hybridized carbons (Fsp3) is 0.0526. The van der Waals surface area contributed by atoms with Gasteiger partial charge in [0.25, 0.3) is 0 Å². The second-order valence-electron chi connectivity index (χ2n) is 16.4. The molecule has 0 saturated heterocycles. The molecule has 0 heterocycles. The summed E-state index contributed by atoms with van der Waals surface area (Å²) >= 11 is 0. The molecular weight excluding hydrogens is 855 g/mol. The van der Waals surface area contributed by atoms with Crippen molar-refractivity contribution in [3.8, 4) is 34.4 Å². The number of alkyl halides is 6. The van der Waals surface area contributed by atoms with Crippen molar-refractivity contribution in [2.24, 2.45) is 0 Å². The minimum absolute atomic E-state index is 0.164. The third-order valence-electron chi connectivity index (χ3n) is 13.0. The Morgan fingerprint density at radius 2 is 0.821 bits per heavy atom. The molecule has 0 aliphatic heterocycles. The van der Waals surface area contributed by atoms with E-state index in [1.165, 1.54) is 46.2 Å². The molecule has 2 aliphatic rings. The van der Waals surface area contributed by atoms with Crippen LogP contribution in [0.1, 0.15) is 44.5 Å². The molecule has 11 rings (SSSR count). The number of benzene rings is 9. The molecule has 0 bridgehead atoms. The molecule has 0 unspecified atom stereocenters. The van der Waals surface area contributed by atoms with Gasteiger partial charge in [0, 0.05) is 11.1 Å². The van der Waals surface area contributed by atoms with Crippen molar-refractivity contribution >= 4 is 44.9 Å². The maximum Gasteiger partial charge on any atom is 0.418 e. The van der Waals surface area contributed by atoms with Crippen molar-refractivity contribution < 1.29 is 26.3 Å². The molecule has 0 N–H and O–H groups in total. The first-order valence-corrected chi connectivity index (χ1v) is 21.3. The average molecular weight is 887 g/mol. The van der Waals surface area contributed by atoms with Gasteiger partial charge in [-0.25, -0.2) is 0 Å². The van der Waals surface area contributed by atoms with Crippen LogP contribution in [0.2, 0.25) is 0 Å². The molecule has 2 aliphatic carbocycles. The number of fused-ring (bicyclic) bond motifs is 9. The van der Waals surface area contributed by atoms with E-state index in [-0.39, 0.29) is 33.9 Å². The summed E-state index contributed by atoms with van der Waals surface area (Å²) in [5.74, 6) is 0. The Hall–Kier alpha value is -8.60. The molecule has 0 saturated carbocycles. The molecule has 0 atom stereocenters. The lowest BCUT2D eigenvalue weighted by Gasteiger charge is -2.41. The van der Waals surface area contributed by atoms with Crippen LogP contribution in [0.4, 0.5) is 60.5 Å². The van der Waals surface area contributed by atoms with E-state index < -0.39 is 28.9 Å². The van der Waals surface area contributed by atoms with Crippen LogP contribution in [-0.4, -0.2) is 0 Å². The Labute approximate surface area is 381 Å². The van der Waals surface area contributed by atoms with E-state index in [2.05, 4.69) is 24.3 Å². The van der Waals surface area contributed by atoms with E-state index in [1.807, 2.05) is 72.8 Å². The second-order valence-corrected chi connectivity index (χ2v) is 16.4. The minimum atomic E-state index is -4.75. The van der Waals surface area contributed by atoms with E-state index in [4.69, 9.17) is 0 Å². The van der Waals surface area contributed by atoms with Gasteiger partial charge in [-0.15, -0.1) is 0 Å². The molecule has 9 aromatic rings. The van der Waals surface area contributed by atoms with E-state index in [1.54, 1.807) is 60.7 Å². The van der Waals surface area contributed by atoms with Crippen LogP contribution in [0, 0.1) is 22.7 Å². The largest absolute Gasteiger partial charge is 0.418 e. The highest BCUT2D eigenvalue weighted by molar-refractivity contribution is 6.13. The summed E-state index contributed by atoms with van der Waals surface area (Å²) in [7, 11) is 0. The lowest BCUT2D eigenvalue weighted by atomic mass is 9.61. The Kier molecular flexibility index (Phi) is 9.36. The quantitative estimate of drug-likeness (QED) is 0.156. The Morgan fingerprint density at radius 3 is 1.39 bits per heavy atom. The van der Waals surface area contributed by atoms with Crippen molar-refractivity contribution in [2.75, 3.05) is 9.80 Å². The lowest BCUT2D eigenvalue weighted by molar-refractivity contribution is -0.137. The van der Waals surface area contributed by atoms with Crippen LogP contribution < -0.4 is 9.80 Å². The van der Waals surface area contributed by atoms with E-state index >= 15 is 26.3 Å². The van der Waals surface area contributed by atoms with Crippen LogP contribution in [0.15, 0.2) is 194 Å². The Bertz CT molecular complexity index is 3530.